The number of rotatable bonds is 7. The smallest absolute Gasteiger partial charge is 0.331 e. The van der Waals surface area contributed by atoms with Crippen molar-refractivity contribution in [2.75, 3.05) is 7.11 Å². The summed E-state index contributed by atoms with van der Waals surface area (Å²) in [7, 11) is 1.17. The minimum atomic E-state index is -0.778. The van der Waals surface area contributed by atoms with Crippen LogP contribution in [0.1, 0.15) is 18.4 Å². The molecule has 0 saturated heterocycles. The highest BCUT2D eigenvalue weighted by Crippen LogP contribution is 2.09. The zero-order valence-corrected chi connectivity index (χ0v) is 12.0. The first kappa shape index (κ1) is 16.5. The molecular weight excluding hydrogens is 280 g/mol. The van der Waals surface area contributed by atoms with E-state index < -0.39 is 6.03 Å². The maximum absolute atomic E-state index is 11.6. The summed E-state index contributed by atoms with van der Waals surface area (Å²) < 4.78 is 0. The van der Waals surface area contributed by atoms with E-state index in [-0.39, 0.29) is 22.8 Å². The Bertz CT molecular complexity index is 441. The molecule has 0 aliphatic carbocycles. The molecule has 7 heteroatoms. The number of nitrogens with zero attached hydrogens (tertiary/aromatic N) is 1. The first-order valence-corrected chi connectivity index (χ1v) is 6.57. The Kier molecular flexibility index (Phi) is 7.06. The Hall–Kier alpha value is -1.57. The number of nitrogens with one attached hydrogen (secondary N) is 1. The van der Waals surface area contributed by atoms with Crippen molar-refractivity contribution in [1.82, 2.24) is 10.5 Å². The van der Waals surface area contributed by atoms with Crippen LogP contribution < -0.4 is 5.32 Å². The number of benzene rings is 1. The van der Waals surface area contributed by atoms with Crippen molar-refractivity contribution in [1.29, 1.82) is 0 Å². The lowest BCUT2D eigenvalue weighted by Gasteiger charge is -2.20. The van der Waals surface area contributed by atoms with E-state index in [1.54, 1.807) is 0 Å². The number of hydrogen-bond donors (Lipinski definition) is 3. The summed E-state index contributed by atoms with van der Waals surface area (Å²) in [5, 5.41) is 11.6. The van der Waals surface area contributed by atoms with Gasteiger partial charge in [0.2, 0.25) is 0 Å². The molecule has 1 aromatic carbocycles. The van der Waals surface area contributed by atoms with Gasteiger partial charge in [0, 0.05) is 12.5 Å². The predicted molar refractivity (Wildman–Crippen MR) is 76.3 cm³/mol. The van der Waals surface area contributed by atoms with Crippen LogP contribution >= 0.6 is 12.6 Å². The number of hydroxylamine groups is 2. The van der Waals surface area contributed by atoms with Crippen LogP contribution in [0.25, 0.3) is 0 Å². The summed E-state index contributed by atoms with van der Waals surface area (Å²) in [5.74, 6) is 0. The molecule has 1 unspecified atom stereocenters. The molecule has 0 aliphatic heterocycles. The van der Waals surface area contributed by atoms with Crippen LogP contribution in [0.5, 0.6) is 0 Å². The highest BCUT2D eigenvalue weighted by molar-refractivity contribution is 7.96. The van der Waals surface area contributed by atoms with E-state index in [4.69, 9.17) is 5.21 Å². The van der Waals surface area contributed by atoms with Gasteiger partial charge in [-0.3, -0.25) is 10.0 Å². The number of amides is 2. The molecule has 20 heavy (non-hydrogen) atoms. The Labute approximate surface area is 123 Å². The number of thiol groups is 1. The van der Waals surface area contributed by atoms with Gasteiger partial charge in [-0.25, -0.2) is 9.63 Å². The van der Waals surface area contributed by atoms with Crippen LogP contribution in [0.2, 0.25) is 0 Å². The van der Waals surface area contributed by atoms with Crippen molar-refractivity contribution in [3.63, 3.8) is 0 Å². The number of carbonyl (C=O) groups is 2. The third-order valence-corrected chi connectivity index (χ3v) is 2.93. The van der Waals surface area contributed by atoms with E-state index in [1.807, 2.05) is 30.3 Å². The van der Waals surface area contributed by atoms with Crippen molar-refractivity contribution in [2.24, 2.45) is 0 Å². The fourth-order valence-electron chi connectivity index (χ4n) is 1.73. The maximum atomic E-state index is 11.6. The quantitative estimate of drug-likeness (QED) is 0.407. The summed E-state index contributed by atoms with van der Waals surface area (Å²) in [5.41, 5.74) is 1.02. The molecule has 1 atom stereocenters. The molecule has 2 amide bonds. The van der Waals surface area contributed by atoms with Crippen molar-refractivity contribution in [2.45, 2.75) is 25.3 Å². The Balaban J connectivity index is 2.64. The molecule has 6 nitrogen and oxygen atoms in total. The summed E-state index contributed by atoms with van der Waals surface area (Å²) in [4.78, 5) is 26.9. The zero-order chi connectivity index (χ0) is 15.0. The highest BCUT2D eigenvalue weighted by Gasteiger charge is 2.17. The summed E-state index contributed by atoms with van der Waals surface area (Å²) in [6, 6.07) is 8.46. The lowest BCUT2D eigenvalue weighted by Crippen LogP contribution is -2.44. The molecule has 0 heterocycles. The molecule has 0 fully saturated rings. The standard InChI is InChI=1S/C13H18N2O4S/c1-19-15(18)13(17)14-11(7-8-12(16)20)9-10-5-3-2-4-6-10/h2-6,11,18H,7-9H2,1H3,(H,14,17)(H,16,20). The van der Waals surface area contributed by atoms with Gasteiger partial charge >= 0.3 is 6.03 Å². The van der Waals surface area contributed by atoms with Gasteiger partial charge in [-0.1, -0.05) is 35.6 Å². The number of hydrogen-bond acceptors (Lipinski definition) is 4. The number of urea groups is 1. The maximum Gasteiger partial charge on any atom is 0.366 e. The molecule has 0 radical (unpaired) electrons. The molecule has 2 N–H and O–H groups in total. The molecule has 110 valence electrons. The second-order valence-electron chi connectivity index (χ2n) is 4.22. The van der Waals surface area contributed by atoms with Crippen molar-refractivity contribution in [3.05, 3.63) is 35.9 Å². The molecule has 1 aromatic rings. The highest BCUT2D eigenvalue weighted by atomic mass is 32.1. The summed E-state index contributed by atoms with van der Waals surface area (Å²) >= 11 is 3.71. The largest absolute Gasteiger partial charge is 0.366 e. The normalized spacial score (nSPS) is 11.8. The molecule has 0 aromatic heterocycles. The molecule has 0 saturated carbocycles. The molecular formula is C13H18N2O4S. The minimum absolute atomic E-state index is 0.112. The van der Waals surface area contributed by atoms with Crippen LogP contribution in [-0.4, -0.2) is 34.7 Å². The van der Waals surface area contributed by atoms with Crippen LogP contribution in [0.15, 0.2) is 30.3 Å². The Morgan fingerprint density at radius 3 is 2.60 bits per heavy atom. The fraction of sp³-hybridized carbons (Fsp3) is 0.385. The van der Waals surface area contributed by atoms with E-state index in [1.165, 1.54) is 7.11 Å². The zero-order valence-electron chi connectivity index (χ0n) is 11.2. The SMILES string of the molecule is CON(O)C(=O)NC(CCC(=O)S)Cc1ccccc1. The van der Waals surface area contributed by atoms with Gasteiger partial charge in [0.1, 0.15) is 0 Å². The second-order valence-corrected chi connectivity index (χ2v) is 4.72. The van der Waals surface area contributed by atoms with E-state index in [0.717, 1.165) is 5.56 Å². The van der Waals surface area contributed by atoms with E-state index >= 15 is 0 Å². The van der Waals surface area contributed by atoms with Gasteiger partial charge in [-0.15, -0.1) is 12.6 Å². The van der Waals surface area contributed by atoms with Gasteiger partial charge in [0.25, 0.3) is 0 Å². The lowest BCUT2D eigenvalue weighted by atomic mass is 10.0. The van der Waals surface area contributed by atoms with Crippen molar-refractivity contribution >= 4 is 23.8 Å². The second kappa shape index (κ2) is 8.57. The van der Waals surface area contributed by atoms with Gasteiger partial charge in [0.15, 0.2) is 5.12 Å². The van der Waals surface area contributed by atoms with Gasteiger partial charge < -0.3 is 5.32 Å². The third kappa shape index (κ3) is 6.05. The van der Waals surface area contributed by atoms with E-state index in [0.29, 0.717) is 12.8 Å². The van der Waals surface area contributed by atoms with Crippen LogP contribution in [0, 0.1) is 0 Å². The van der Waals surface area contributed by atoms with Crippen molar-refractivity contribution in [3.8, 4) is 0 Å². The third-order valence-electron chi connectivity index (χ3n) is 2.71. The molecule has 0 aliphatic rings. The van der Waals surface area contributed by atoms with Crippen LogP contribution in [0.4, 0.5) is 4.79 Å². The summed E-state index contributed by atoms with van der Waals surface area (Å²) in [6.45, 7) is 0. The first-order chi connectivity index (χ1) is 9.52. The lowest BCUT2D eigenvalue weighted by molar-refractivity contribution is -0.279. The Morgan fingerprint density at radius 2 is 2.05 bits per heavy atom. The van der Waals surface area contributed by atoms with Crippen LogP contribution in [-0.2, 0) is 16.1 Å². The minimum Gasteiger partial charge on any atom is -0.331 e. The van der Waals surface area contributed by atoms with Gasteiger partial charge in [0.05, 0.1) is 7.11 Å². The molecule has 1 rings (SSSR count). The fourth-order valence-corrected chi connectivity index (χ4v) is 1.86. The summed E-state index contributed by atoms with van der Waals surface area (Å²) in [6.07, 6.45) is 1.21. The first-order valence-electron chi connectivity index (χ1n) is 6.12. The Morgan fingerprint density at radius 1 is 1.40 bits per heavy atom. The molecule has 0 spiro atoms. The average molecular weight is 298 g/mol. The molecule has 0 bridgehead atoms. The van der Waals surface area contributed by atoms with E-state index in [2.05, 4.69) is 22.8 Å². The van der Waals surface area contributed by atoms with E-state index in [9.17, 15) is 9.59 Å². The predicted octanol–water partition coefficient (Wildman–Crippen LogP) is 1.80. The topological polar surface area (TPSA) is 78.9 Å². The van der Waals surface area contributed by atoms with Crippen molar-refractivity contribution < 1.29 is 19.6 Å². The van der Waals surface area contributed by atoms with Gasteiger partial charge in [-0.05, 0) is 18.4 Å². The monoisotopic (exact) mass is 298 g/mol. The van der Waals surface area contributed by atoms with Gasteiger partial charge in [-0.2, -0.15) is 0 Å². The average Bonchev–Trinajstić information content (AvgIpc) is 2.44. The number of carbonyl (C=O) groups excluding carboxylic acids is 2. The van der Waals surface area contributed by atoms with Crippen LogP contribution in [0.3, 0.4) is 0 Å².